The highest BCUT2D eigenvalue weighted by Gasteiger charge is 2.28. The Morgan fingerprint density at radius 2 is 0.741 bits per heavy atom. The van der Waals surface area contributed by atoms with Crippen LogP contribution in [0.4, 0.5) is 78.3 Å². The topological polar surface area (TPSA) is 307 Å². The second-order valence-corrected chi connectivity index (χ2v) is 25.9. The Balaban J connectivity index is 0.000000143. The number of nitrogens with one attached hydrogen (secondary N) is 7. The smallest absolute Gasteiger partial charge is 0.235 e. The molecular weight excluding hydrogens is 1400 g/mol. The van der Waals surface area contributed by atoms with E-state index in [9.17, 15) is 27.6 Å². The maximum Gasteiger partial charge on any atom is 0.235 e. The van der Waals surface area contributed by atoms with Gasteiger partial charge in [0.1, 0.15) is 70.6 Å². The van der Waals surface area contributed by atoms with Gasteiger partial charge in [0.2, 0.25) is 17.6 Å². The molecule has 9 aromatic heterocycles. The summed E-state index contributed by atoms with van der Waals surface area (Å²) in [6.07, 6.45) is 8.79. The van der Waals surface area contributed by atoms with Crippen LogP contribution in [-0.4, -0.2) is 179 Å². The maximum absolute atomic E-state index is 15.1. The number of Topliss-reactive ketones (excluding diaryl/α,β-unsaturated/α-hetero) is 3. The van der Waals surface area contributed by atoms with Crippen LogP contribution in [0.5, 0.6) is 34.9 Å². The summed E-state index contributed by atoms with van der Waals surface area (Å²) in [6, 6.07) is 18.4. The van der Waals surface area contributed by atoms with E-state index in [1.807, 2.05) is 18.2 Å². The average Bonchev–Trinajstić information content (AvgIpc) is 1.78. The molecule has 3 aromatic carbocycles. The summed E-state index contributed by atoms with van der Waals surface area (Å²) in [5, 5.41) is 12.5. The summed E-state index contributed by atoms with van der Waals surface area (Å²) in [4.78, 5) is 95.2. The number of carbonyl (C=O) groups excluding carboxylic acids is 3. The lowest BCUT2D eigenvalue weighted by atomic mass is 10.2. The maximum atomic E-state index is 15.1. The van der Waals surface area contributed by atoms with Crippen molar-refractivity contribution in [2.75, 3.05) is 123 Å². The molecule has 108 heavy (non-hydrogen) atoms. The zero-order valence-corrected chi connectivity index (χ0v) is 60.1. The summed E-state index contributed by atoms with van der Waals surface area (Å²) < 4.78 is 106. The quantitative estimate of drug-likeness (QED) is 0.0292. The molecule has 0 amide bonds. The molecule has 33 heteroatoms. The van der Waals surface area contributed by atoms with Crippen LogP contribution in [0, 0.1) is 55.7 Å². The molecule has 12 heterocycles. The van der Waals surface area contributed by atoms with Crippen LogP contribution in [-0.2, 0) is 0 Å². The van der Waals surface area contributed by atoms with Crippen LogP contribution in [0.1, 0.15) is 75.9 Å². The molecule has 0 atom stereocenters. The summed E-state index contributed by atoms with van der Waals surface area (Å²) in [5.74, 6) is -5.53. The molecule has 3 saturated heterocycles. The lowest BCUT2D eigenvalue weighted by Crippen LogP contribution is -2.46. The molecular formula is C75H75F6N21O6. The van der Waals surface area contributed by atoms with E-state index in [4.69, 9.17) is 14.2 Å². The van der Waals surface area contributed by atoms with Gasteiger partial charge in [-0.05, 0) is 110 Å². The first kappa shape index (κ1) is 73.9. The van der Waals surface area contributed by atoms with Crippen molar-refractivity contribution in [3.05, 3.63) is 179 Å². The van der Waals surface area contributed by atoms with E-state index >= 15 is 13.2 Å². The van der Waals surface area contributed by atoms with Gasteiger partial charge in [-0.2, -0.15) is 0 Å². The van der Waals surface area contributed by atoms with E-state index in [2.05, 4.69) is 120 Å². The number of anilines is 9. The predicted octanol–water partition coefficient (Wildman–Crippen LogP) is 13.3. The Bertz CT molecular complexity index is 5320. The number of likely N-dealkylation sites (N-methyl/N-ethyl adjacent to an activating group) is 2. The Morgan fingerprint density at radius 3 is 1.04 bits per heavy atom. The van der Waals surface area contributed by atoms with Crippen LogP contribution in [0.3, 0.4) is 0 Å². The molecule has 0 bridgehead atoms. The lowest BCUT2D eigenvalue weighted by Gasteiger charge is -2.35. The molecule has 7 N–H and O–H groups in total. The van der Waals surface area contributed by atoms with Crippen LogP contribution < -0.4 is 50.2 Å². The van der Waals surface area contributed by atoms with E-state index in [0.717, 1.165) is 120 Å². The highest BCUT2D eigenvalue weighted by Crippen LogP contribution is 2.39. The zero-order valence-electron chi connectivity index (χ0n) is 60.1. The Kier molecular flexibility index (Phi) is 22.0. The molecule has 3 aliphatic heterocycles. The molecule has 15 rings (SSSR count). The number of halogens is 6. The molecule has 558 valence electrons. The molecule has 0 saturated carbocycles. The van der Waals surface area contributed by atoms with Gasteiger partial charge in [-0.25, -0.2) is 71.2 Å². The third-order valence-corrected chi connectivity index (χ3v) is 18.3. The van der Waals surface area contributed by atoms with Gasteiger partial charge in [0.15, 0.2) is 69.5 Å². The van der Waals surface area contributed by atoms with Crippen LogP contribution in [0.25, 0.3) is 32.7 Å². The van der Waals surface area contributed by atoms with Crippen LogP contribution >= 0.6 is 0 Å². The van der Waals surface area contributed by atoms with Crippen molar-refractivity contribution >= 4 is 102 Å². The first-order valence-corrected chi connectivity index (χ1v) is 34.6. The van der Waals surface area contributed by atoms with Crippen molar-refractivity contribution < 1.29 is 54.9 Å². The van der Waals surface area contributed by atoms with Crippen molar-refractivity contribution in [3.63, 3.8) is 0 Å². The van der Waals surface area contributed by atoms with Crippen LogP contribution in [0.2, 0.25) is 0 Å². The molecule has 27 nitrogen and oxygen atoms in total. The number of nitrogens with zero attached hydrogens (tertiary/aromatic N) is 14. The summed E-state index contributed by atoms with van der Waals surface area (Å²) in [5.41, 5.74) is 4.90. The van der Waals surface area contributed by atoms with Gasteiger partial charge in [0.25, 0.3) is 0 Å². The third-order valence-electron chi connectivity index (χ3n) is 18.3. The molecule has 0 spiro atoms. The summed E-state index contributed by atoms with van der Waals surface area (Å²) in [7, 11) is 2.10. The standard InChI is InChI=1S/C26H27F2N7O2.C25H25F2N7O2.C24H23F2N7O2/c1-4-34-7-9-35(10-8-34)17-5-6-21(29-13-17)33-25-22(16(3)36)26(31-14-30-25)37-20-12-19(27)24-18(23(20)28)11-15(2)32-24;1-14-10-17-22(27)19(11-18(26)23(17)31-14)36-25-21(15(2)35)24(29-13-30-25)32-20-5-4-16(12-28-20)34-8-6-33(3)7-9-34;1-13-9-16-21(26)18(10-17(25)22(16)31-13)35-24-20(14(2)34)23(29-12-30-24)32-19-4-3-15(11-28-19)33-7-5-27-6-8-33/h5-6,11-14,32H,4,7-10H2,1-3H3,(H,29,30,31,33);4-5,10-13,31H,6-9H2,1-3H3,(H,28,29,30,32);3-4,9-12,27,31H,5-8H2,1-2H3,(H,28,29,30,32). The number of benzene rings is 3. The van der Waals surface area contributed by atoms with Gasteiger partial charge in [0.05, 0.1) is 52.2 Å². The van der Waals surface area contributed by atoms with Gasteiger partial charge >= 0.3 is 0 Å². The zero-order chi connectivity index (χ0) is 76.0. The van der Waals surface area contributed by atoms with Crippen molar-refractivity contribution in [3.8, 4) is 34.9 Å². The summed E-state index contributed by atoms with van der Waals surface area (Å²) in [6.45, 7) is 23.5. The number of pyridine rings is 3. The minimum atomic E-state index is -0.765. The molecule has 12 aromatic rings. The van der Waals surface area contributed by atoms with Gasteiger partial charge in [-0.3, -0.25) is 14.4 Å². The van der Waals surface area contributed by atoms with Gasteiger partial charge in [0, 0.05) is 130 Å². The number of H-pyrrole nitrogens is 3. The second-order valence-electron chi connectivity index (χ2n) is 25.9. The SMILES string of the molecule is CC(=O)c1c(Nc2ccc(N3CCN(C)CC3)cn2)ncnc1Oc1cc(F)c2[nH]c(C)cc2c1F.CC(=O)c1c(Nc2ccc(N3CCNCC3)cn2)ncnc1Oc1cc(F)c2[nH]c(C)cc2c1F.CCN1CCN(c2ccc(Nc3ncnc(Oc4cc(F)c5[nH]c(C)cc5c4F)c3C(C)=O)nc2)CC1. The fraction of sp³-hybridized carbons (Fsp3) is 0.280. The molecule has 3 fully saturated rings. The Labute approximate surface area is 614 Å². The number of hydrogen-bond donors (Lipinski definition) is 7. The van der Waals surface area contributed by atoms with E-state index in [-0.39, 0.29) is 102 Å². The average molecular weight is 1480 g/mol. The van der Waals surface area contributed by atoms with Gasteiger partial charge in [-0.15, -0.1) is 0 Å². The number of rotatable bonds is 19. The number of ether oxygens (including phenoxy) is 3. The van der Waals surface area contributed by atoms with Crippen molar-refractivity contribution in [1.82, 2.24) is 74.9 Å². The lowest BCUT2D eigenvalue weighted by molar-refractivity contribution is 0.100. The number of carbonyl (C=O) groups is 3. The largest absolute Gasteiger partial charge is 0.435 e. The predicted molar refractivity (Wildman–Crippen MR) is 397 cm³/mol. The monoisotopic (exact) mass is 1480 g/mol. The fourth-order valence-corrected chi connectivity index (χ4v) is 12.7. The Morgan fingerprint density at radius 1 is 0.426 bits per heavy atom. The number of aryl methyl sites for hydroxylation is 3. The van der Waals surface area contributed by atoms with E-state index in [1.54, 1.807) is 57.6 Å². The minimum absolute atomic E-state index is 0.00535. The number of ketones is 3. The fourth-order valence-electron chi connectivity index (χ4n) is 12.7. The third kappa shape index (κ3) is 16.4. The number of aromatic amines is 3. The van der Waals surface area contributed by atoms with Crippen molar-refractivity contribution in [2.45, 2.75) is 48.5 Å². The number of aromatic nitrogens is 12. The van der Waals surface area contributed by atoms with E-state index in [1.165, 1.54) is 58.0 Å². The Hall–Kier alpha value is -12.4. The highest BCUT2D eigenvalue weighted by molar-refractivity contribution is 6.03. The van der Waals surface area contributed by atoms with Gasteiger partial charge in [-0.1, -0.05) is 6.92 Å². The first-order valence-electron chi connectivity index (χ1n) is 34.6. The van der Waals surface area contributed by atoms with Crippen LogP contribution in [0.15, 0.2) is 110 Å². The van der Waals surface area contributed by atoms with E-state index in [0.29, 0.717) is 34.5 Å². The number of piperazine rings is 3. The molecule has 0 aliphatic carbocycles. The summed E-state index contributed by atoms with van der Waals surface area (Å²) >= 11 is 0. The van der Waals surface area contributed by atoms with Crippen molar-refractivity contribution in [2.24, 2.45) is 0 Å². The minimum Gasteiger partial charge on any atom is -0.435 e. The van der Waals surface area contributed by atoms with Crippen molar-refractivity contribution in [1.29, 1.82) is 0 Å². The second kappa shape index (κ2) is 32.2. The number of fused-ring (bicyclic) bond motifs is 3. The molecule has 0 unspecified atom stereocenters. The number of hydrogen-bond acceptors (Lipinski definition) is 24. The highest BCUT2D eigenvalue weighted by atomic mass is 19.1. The van der Waals surface area contributed by atoms with Gasteiger partial charge < -0.3 is 74.9 Å². The first-order chi connectivity index (χ1) is 52.0. The molecule has 3 aliphatic rings. The molecule has 0 radical (unpaired) electrons. The normalized spacial score (nSPS) is 14.1. The van der Waals surface area contributed by atoms with E-state index < -0.39 is 52.3 Å².